The van der Waals surface area contributed by atoms with Crippen LogP contribution in [0.25, 0.3) is 0 Å². The van der Waals surface area contributed by atoms with Gasteiger partial charge in [0.2, 0.25) is 5.91 Å². The Balaban J connectivity index is 0.00000306. The molecule has 6 heteroatoms. The summed E-state index contributed by atoms with van der Waals surface area (Å²) in [4.78, 5) is 16.5. The smallest absolute Gasteiger partial charge is 0.230 e. The molecular weight excluding hydrogens is 434 g/mol. The Morgan fingerprint density at radius 2 is 1.76 bits per heavy atom. The zero-order chi connectivity index (χ0) is 22.2. The summed E-state index contributed by atoms with van der Waals surface area (Å²) in [6, 6.07) is 17.3. The highest BCUT2D eigenvalue weighted by Gasteiger charge is 2.26. The van der Waals surface area contributed by atoms with Crippen LogP contribution in [0.3, 0.4) is 0 Å². The van der Waals surface area contributed by atoms with E-state index in [9.17, 15) is 4.79 Å². The minimum Gasteiger partial charge on any atom is -0.496 e. The molecule has 1 amide bonds. The van der Waals surface area contributed by atoms with E-state index in [-0.39, 0.29) is 24.4 Å². The second-order valence-electron chi connectivity index (χ2n) is 8.04. The number of piperazine rings is 1. The zero-order valence-electron chi connectivity index (χ0n) is 19.0. The van der Waals surface area contributed by atoms with Crippen LogP contribution in [-0.4, -0.2) is 37.6 Å². The lowest BCUT2D eigenvalue weighted by Crippen LogP contribution is -2.46. The van der Waals surface area contributed by atoms with Gasteiger partial charge in [-0.3, -0.25) is 9.69 Å². The van der Waals surface area contributed by atoms with E-state index in [1.54, 1.807) is 12.0 Å². The summed E-state index contributed by atoms with van der Waals surface area (Å²) in [7, 11) is 1.73. The van der Waals surface area contributed by atoms with Gasteiger partial charge in [0.25, 0.3) is 0 Å². The van der Waals surface area contributed by atoms with Crippen LogP contribution in [0.1, 0.15) is 30.0 Å². The first-order valence-corrected chi connectivity index (χ1v) is 11.3. The Bertz CT molecular complexity index is 985. The van der Waals surface area contributed by atoms with E-state index >= 15 is 0 Å². The molecule has 1 saturated heterocycles. The van der Waals surface area contributed by atoms with E-state index < -0.39 is 0 Å². The third-order valence-electron chi connectivity index (χ3n) is 5.98. The highest BCUT2D eigenvalue weighted by Crippen LogP contribution is 2.33. The fraction of sp³-hybridized carbons (Fsp3) is 0.296. The first-order valence-electron chi connectivity index (χ1n) is 11.3. The van der Waals surface area contributed by atoms with Crippen molar-refractivity contribution in [1.29, 1.82) is 0 Å². The summed E-state index contributed by atoms with van der Waals surface area (Å²) in [5, 5.41) is 3.52. The minimum absolute atomic E-state index is 0. The number of methoxy groups -OCH3 is 1. The number of halogens is 1. The number of nitrogens with zero attached hydrogens (tertiary/aromatic N) is 2. The van der Waals surface area contributed by atoms with Crippen LogP contribution in [0.5, 0.6) is 5.75 Å². The number of carbonyl (C=O) groups is 1. The van der Waals surface area contributed by atoms with Gasteiger partial charge in [0.05, 0.1) is 13.2 Å². The second-order valence-corrected chi connectivity index (χ2v) is 8.04. The van der Waals surface area contributed by atoms with Gasteiger partial charge in [0.15, 0.2) is 0 Å². The Labute approximate surface area is 202 Å². The predicted octanol–water partition coefficient (Wildman–Crippen LogP) is 5.02. The number of aryl methyl sites for hydroxylation is 1. The maximum absolute atomic E-state index is 12.4. The Kier molecular flexibility index (Phi) is 9.16. The van der Waals surface area contributed by atoms with E-state index in [4.69, 9.17) is 4.74 Å². The summed E-state index contributed by atoms with van der Waals surface area (Å²) in [6.45, 7) is 2.80. The summed E-state index contributed by atoms with van der Waals surface area (Å²) in [6.07, 6.45) is 13.5. The summed E-state index contributed by atoms with van der Waals surface area (Å²) in [5.74, 6) is 1.05. The lowest BCUT2D eigenvalue weighted by molar-refractivity contribution is -0.126. The number of anilines is 1. The van der Waals surface area contributed by atoms with Crippen LogP contribution < -0.4 is 15.0 Å². The number of hydrogen-bond donors (Lipinski definition) is 1. The lowest BCUT2D eigenvalue weighted by Gasteiger charge is -2.39. The number of para-hydroxylation sites is 1. The largest absolute Gasteiger partial charge is 0.496 e. The maximum Gasteiger partial charge on any atom is 0.230 e. The maximum atomic E-state index is 12.4. The number of amides is 1. The first kappa shape index (κ1) is 24.6. The number of benzene rings is 2. The lowest BCUT2D eigenvalue weighted by atomic mass is 10.0. The molecule has 0 bridgehead atoms. The molecule has 2 aliphatic heterocycles. The molecule has 5 nitrogen and oxygen atoms in total. The fourth-order valence-corrected chi connectivity index (χ4v) is 4.29. The average Bonchev–Trinajstić information content (AvgIpc) is 3.14. The molecule has 2 aliphatic rings. The minimum atomic E-state index is 0. The van der Waals surface area contributed by atoms with Crippen LogP contribution in [0.15, 0.2) is 85.2 Å². The van der Waals surface area contributed by atoms with Crippen LogP contribution in [0, 0.1) is 0 Å². The zero-order valence-corrected chi connectivity index (χ0v) is 19.8. The van der Waals surface area contributed by atoms with Gasteiger partial charge in [0.1, 0.15) is 5.75 Å². The van der Waals surface area contributed by atoms with Crippen molar-refractivity contribution < 1.29 is 9.53 Å². The molecule has 2 heterocycles. The van der Waals surface area contributed by atoms with Gasteiger partial charge >= 0.3 is 0 Å². The number of rotatable bonds is 7. The topological polar surface area (TPSA) is 44.8 Å². The number of ether oxygens (including phenoxy) is 1. The third-order valence-corrected chi connectivity index (χ3v) is 5.98. The van der Waals surface area contributed by atoms with Gasteiger partial charge in [-0.1, -0.05) is 42.5 Å². The molecular formula is C27H32ClN3O2. The quantitative estimate of drug-likeness (QED) is 0.623. The molecule has 0 aliphatic carbocycles. The van der Waals surface area contributed by atoms with Crippen molar-refractivity contribution >= 4 is 24.0 Å². The number of allylic oxidation sites excluding steroid dienone is 4. The molecule has 1 unspecified atom stereocenters. The second kappa shape index (κ2) is 12.3. The molecule has 2 aromatic carbocycles. The van der Waals surface area contributed by atoms with Crippen molar-refractivity contribution in [3.8, 4) is 5.75 Å². The summed E-state index contributed by atoms with van der Waals surface area (Å²) in [5.41, 5.74) is 3.68. The van der Waals surface area contributed by atoms with E-state index in [0.717, 1.165) is 38.2 Å². The molecule has 1 fully saturated rings. The normalized spacial score (nSPS) is 17.4. The van der Waals surface area contributed by atoms with Gasteiger partial charge in [-0.2, -0.15) is 0 Å². The van der Waals surface area contributed by atoms with Gasteiger partial charge in [-0.05, 0) is 48.8 Å². The highest BCUT2D eigenvalue weighted by molar-refractivity contribution is 5.85. The molecule has 174 valence electrons. The van der Waals surface area contributed by atoms with Crippen molar-refractivity contribution in [2.45, 2.75) is 25.3 Å². The van der Waals surface area contributed by atoms with Crippen LogP contribution in [-0.2, 0) is 11.2 Å². The van der Waals surface area contributed by atoms with Crippen molar-refractivity contribution in [2.24, 2.45) is 0 Å². The first-order chi connectivity index (χ1) is 15.8. The van der Waals surface area contributed by atoms with Crippen LogP contribution in [0.4, 0.5) is 5.69 Å². The standard InChI is InChI=1S/C27H31N3O2.ClH/c1-32-26-11-5-4-10-24(26)25-21-28-17-20-30(25)23-15-13-22(14-16-23)9-8-12-27(31)29-18-6-2-3-7-19-29;/h2-7,10-11,13-16,18-19,25,28H,8-9,12,17,20-21H2,1H3;1H. The van der Waals surface area contributed by atoms with Crippen molar-refractivity contribution in [1.82, 2.24) is 10.2 Å². The molecule has 0 saturated carbocycles. The van der Waals surface area contributed by atoms with E-state index in [2.05, 4.69) is 46.6 Å². The van der Waals surface area contributed by atoms with Gasteiger partial charge in [-0.25, -0.2) is 0 Å². The van der Waals surface area contributed by atoms with Gasteiger partial charge < -0.3 is 15.0 Å². The fourth-order valence-electron chi connectivity index (χ4n) is 4.29. The van der Waals surface area contributed by atoms with Gasteiger partial charge in [-0.15, -0.1) is 12.4 Å². The predicted molar refractivity (Wildman–Crippen MR) is 137 cm³/mol. The molecule has 4 rings (SSSR count). The number of nitrogens with one attached hydrogen (secondary N) is 1. The molecule has 1 N–H and O–H groups in total. The molecule has 0 spiro atoms. The Hall–Kier alpha value is -3.02. The summed E-state index contributed by atoms with van der Waals surface area (Å²) < 4.78 is 5.62. The molecule has 1 atom stereocenters. The SMILES string of the molecule is COc1ccccc1C1CNCCN1c1ccc(CCCC(=O)N2C=CC=CC=C2)cc1.Cl. The molecule has 33 heavy (non-hydrogen) atoms. The summed E-state index contributed by atoms with van der Waals surface area (Å²) >= 11 is 0. The number of hydrogen-bond acceptors (Lipinski definition) is 4. The monoisotopic (exact) mass is 465 g/mol. The third kappa shape index (κ3) is 6.28. The van der Waals surface area contributed by atoms with Gasteiger partial charge in [0, 0.05) is 49.7 Å². The van der Waals surface area contributed by atoms with E-state index in [1.807, 2.05) is 48.8 Å². The average molecular weight is 466 g/mol. The van der Waals surface area contributed by atoms with Crippen molar-refractivity contribution in [2.75, 3.05) is 31.6 Å². The van der Waals surface area contributed by atoms with Crippen molar-refractivity contribution in [3.05, 3.63) is 96.4 Å². The highest BCUT2D eigenvalue weighted by atomic mass is 35.5. The van der Waals surface area contributed by atoms with E-state index in [0.29, 0.717) is 6.42 Å². The molecule has 0 aromatic heterocycles. The van der Waals surface area contributed by atoms with Crippen LogP contribution >= 0.6 is 12.4 Å². The molecule has 0 radical (unpaired) electrons. The number of carbonyl (C=O) groups excluding carboxylic acids is 1. The van der Waals surface area contributed by atoms with E-state index in [1.165, 1.54) is 16.8 Å². The molecule has 2 aromatic rings. The van der Waals surface area contributed by atoms with Crippen molar-refractivity contribution in [3.63, 3.8) is 0 Å². The Morgan fingerprint density at radius 3 is 2.48 bits per heavy atom. The Morgan fingerprint density at radius 1 is 1.03 bits per heavy atom. The van der Waals surface area contributed by atoms with Crippen LogP contribution in [0.2, 0.25) is 0 Å².